The molecule has 0 bridgehead atoms. The molecule has 4 heteroatoms. The molecule has 0 aromatic heterocycles. The second kappa shape index (κ2) is 7.87. The molecule has 2 heterocycles. The second-order valence-corrected chi connectivity index (χ2v) is 11.8. The molecule has 182 valence electrons. The molecule has 0 fully saturated rings. The first-order valence-corrected chi connectivity index (χ1v) is 13.5. The van der Waals surface area contributed by atoms with Crippen molar-refractivity contribution in [2.24, 2.45) is 4.99 Å². The summed E-state index contributed by atoms with van der Waals surface area (Å²) in [5, 5.41) is 4.82. The second-order valence-electron chi connectivity index (χ2n) is 10.6. The van der Waals surface area contributed by atoms with Crippen LogP contribution >= 0.6 is 11.8 Å². The normalized spacial score (nSPS) is 19.3. The summed E-state index contributed by atoms with van der Waals surface area (Å²) in [6.45, 7) is 6.70. The molecule has 0 N–H and O–H groups in total. The van der Waals surface area contributed by atoms with Crippen molar-refractivity contribution in [2.75, 3.05) is 11.9 Å². The summed E-state index contributed by atoms with van der Waals surface area (Å²) < 4.78 is 6.97. The number of hydrogen-bond donors (Lipinski definition) is 0. The zero-order valence-corrected chi connectivity index (χ0v) is 22.3. The maximum absolute atomic E-state index is 6.97. The number of likely N-dealkylation sites (N-methyl/N-ethyl adjacent to an activating group) is 1. The van der Waals surface area contributed by atoms with E-state index in [2.05, 4.69) is 118 Å². The van der Waals surface area contributed by atoms with Crippen molar-refractivity contribution in [3.05, 3.63) is 102 Å². The molecule has 2 aliphatic rings. The van der Waals surface area contributed by atoms with Crippen LogP contribution in [-0.2, 0) is 5.41 Å². The zero-order chi connectivity index (χ0) is 25.4. The third kappa shape index (κ3) is 3.18. The van der Waals surface area contributed by atoms with Crippen molar-refractivity contribution >= 4 is 50.9 Å². The molecule has 37 heavy (non-hydrogen) atoms. The molecule has 0 saturated carbocycles. The van der Waals surface area contributed by atoms with Crippen LogP contribution < -0.4 is 9.64 Å². The Morgan fingerprint density at radius 3 is 2.38 bits per heavy atom. The fourth-order valence-corrected chi connectivity index (χ4v) is 7.00. The summed E-state index contributed by atoms with van der Waals surface area (Å²) in [5.41, 5.74) is 3.65. The highest BCUT2D eigenvalue weighted by atomic mass is 32.2. The fourth-order valence-electron chi connectivity index (χ4n) is 6.12. The van der Waals surface area contributed by atoms with Crippen molar-refractivity contribution in [1.82, 2.24) is 0 Å². The van der Waals surface area contributed by atoms with Crippen LogP contribution in [0.4, 0.5) is 11.4 Å². The van der Waals surface area contributed by atoms with Gasteiger partial charge in [0.1, 0.15) is 11.4 Å². The lowest BCUT2D eigenvalue weighted by Gasteiger charge is -2.45. The van der Waals surface area contributed by atoms with E-state index in [9.17, 15) is 0 Å². The van der Waals surface area contributed by atoms with E-state index in [0.717, 1.165) is 16.8 Å². The molecule has 7 rings (SSSR count). The highest BCUT2D eigenvalue weighted by molar-refractivity contribution is 7.99. The maximum Gasteiger partial charge on any atom is 0.228 e. The van der Waals surface area contributed by atoms with Crippen molar-refractivity contribution in [1.29, 1.82) is 0 Å². The molecular formula is C33H28N2OS. The SMILES string of the molecule is Cc1ccc2c3c(ccc2c1)N(C)C1(C=Nc2c(ccc4cc(Sc5ccccc5)ccc24)O1)C3(C)C. The standard InChI is InChI=1S/C33H28N2OS/c1-21-10-14-26-22(18-21)11-16-28-30(26)32(2,3)33(35(28)4)20-34-31-27-15-13-25(37-24-8-6-5-7-9-24)19-23(27)12-17-29(31)36-33/h5-20H,1-4H3. The van der Waals surface area contributed by atoms with Crippen molar-refractivity contribution in [3.63, 3.8) is 0 Å². The van der Waals surface area contributed by atoms with Gasteiger partial charge in [0.2, 0.25) is 5.72 Å². The molecule has 3 nitrogen and oxygen atoms in total. The maximum atomic E-state index is 6.97. The summed E-state index contributed by atoms with van der Waals surface area (Å²) in [4.78, 5) is 9.80. The number of aryl methyl sites for hydroxylation is 1. The van der Waals surface area contributed by atoms with Gasteiger partial charge in [-0.3, -0.25) is 4.99 Å². The molecule has 1 spiro atoms. The predicted octanol–water partition coefficient (Wildman–Crippen LogP) is 8.67. The van der Waals surface area contributed by atoms with Crippen LogP contribution in [-0.4, -0.2) is 19.0 Å². The first-order chi connectivity index (χ1) is 17.9. The number of benzene rings is 5. The van der Waals surface area contributed by atoms with Crippen LogP contribution in [0.3, 0.4) is 0 Å². The molecule has 1 unspecified atom stereocenters. The van der Waals surface area contributed by atoms with Gasteiger partial charge in [0.05, 0.1) is 11.6 Å². The molecule has 0 aliphatic carbocycles. The fraction of sp³-hybridized carbons (Fsp3) is 0.182. The van der Waals surface area contributed by atoms with E-state index >= 15 is 0 Å². The molecule has 0 amide bonds. The Balaban J connectivity index is 1.31. The Kier molecular flexibility index (Phi) is 4.77. The Hall–Kier alpha value is -3.76. The zero-order valence-electron chi connectivity index (χ0n) is 21.4. The average Bonchev–Trinajstić information content (AvgIpc) is 3.06. The smallest absolute Gasteiger partial charge is 0.228 e. The number of aliphatic imine (C=N–C) groups is 1. The van der Waals surface area contributed by atoms with Gasteiger partial charge in [-0.05, 0) is 78.9 Å². The quantitative estimate of drug-likeness (QED) is 0.242. The number of nitrogens with zero attached hydrogens (tertiary/aromatic N) is 2. The lowest BCUT2D eigenvalue weighted by molar-refractivity contribution is 0.0831. The van der Waals surface area contributed by atoms with E-state index in [4.69, 9.17) is 9.73 Å². The van der Waals surface area contributed by atoms with Gasteiger partial charge >= 0.3 is 0 Å². The summed E-state index contributed by atoms with van der Waals surface area (Å²) in [6.07, 6.45) is 2.03. The third-order valence-electron chi connectivity index (χ3n) is 8.07. The van der Waals surface area contributed by atoms with E-state index < -0.39 is 5.72 Å². The van der Waals surface area contributed by atoms with Gasteiger partial charge in [0.15, 0.2) is 0 Å². The van der Waals surface area contributed by atoms with Crippen LogP contribution in [0.25, 0.3) is 21.5 Å². The summed E-state index contributed by atoms with van der Waals surface area (Å²) in [7, 11) is 2.12. The van der Waals surface area contributed by atoms with Crippen LogP contribution in [0.15, 0.2) is 106 Å². The molecule has 0 saturated heterocycles. The Labute approximate surface area is 221 Å². The highest BCUT2D eigenvalue weighted by Gasteiger charge is 2.59. The van der Waals surface area contributed by atoms with Gasteiger partial charge < -0.3 is 9.64 Å². The van der Waals surface area contributed by atoms with Gasteiger partial charge in [0.25, 0.3) is 0 Å². The van der Waals surface area contributed by atoms with Crippen LogP contribution in [0, 0.1) is 6.92 Å². The lowest BCUT2D eigenvalue weighted by Crippen LogP contribution is -2.61. The van der Waals surface area contributed by atoms with Crippen molar-refractivity contribution in [2.45, 2.75) is 41.7 Å². The molecule has 1 atom stereocenters. The number of anilines is 1. The predicted molar refractivity (Wildman–Crippen MR) is 156 cm³/mol. The van der Waals surface area contributed by atoms with Gasteiger partial charge in [0, 0.05) is 27.9 Å². The highest BCUT2D eigenvalue weighted by Crippen LogP contribution is 2.56. The minimum Gasteiger partial charge on any atom is -0.459 e. The van der Waals surface area contributed by atoms with Gasteiger partial charge in [-0.1, -0.05) is 71.9 Å². The molecule has 0 radical (unpaired) electrons. The first kappa shape index (κ1) is 22.4. The topological polar surface area (TPSA) is 24.8 Å². The van der Waals surface area contributed by atoms with Crippen molar-refractivity contribution < 1.29 is 4.74 Å². The minimum atomic E-state index is -0.710. The van der Waals surface area contributed by atoms with Gasteiger partial charge in [-0.2, -0.15) is 0 Å². The number of hydrogen-bond acceptors (Lipinski definition) is 4. The first-order valence-electron chi connectivity index (χ1n) is 12.7. The summed E-state index contributed by atoms with van der Waals surface area (Å²) in [6, 6.07) is 32.5. The van der Waals surface area contributed by atoms with E-state index in [0.29, 0.717) is 0 Å². The Morgan fingerprint density at radius 1 is 0.784 bits per heavy atom. The largest absolute Gasteiger partial charge is 0.459 e. The van der Waals surface area contributed by atoms with Crippen LogP contribution in [0.5, 0.6) is 5.75 Å². The van der Waals surface area contributed by atoms with E-state index in [1.165, 1.54) is 42.8 Å². The summed E-state index contributed by atoms with van der Waals surface area (Å²) in [5.74, 6) is 0.825. The van der Waals surface area contributed by atoms with Crippen LogP contribution in [0.1, 0.15) is 25.0 Å². The van der Waals surface area contributed by atoms with Crippen molar-refractivity contribution in [3.8, 4) is 5.75 Å². The number of rotatable bonds is 2. The third-order valence-corrected chi connectivity index (χ3v) is 9.07. The number of fused-ring (bicyclic) bond motifs is 6. The van der Waals surface area contributed by atoms with Gasteiger partial charge in [-0.15, -0.1) is 0 Å². The minimum absolute atomic E-state index is 0.321. The summed E-state index contributed by atoms with van der Waals surface area (Å²) >= 11 is 1.77. The number of ether oxygens (including phenoxy) is 1. The van der Waals surface area contributed by atoms with Crippen LogP contribution in [0.2, 0.25) is 0 Å². The monoisotopic (exact) mass is 500 g/mol. The van der Waals surface area contributed by atoms with E-state index in [1.54, 1.807) is 11.8 Å². The lowest BCUT2D eigenvalue weighted by atomic mass is 9.75. The molecule has 5 aromatic carbocycles. The Bertz CT molecular complexity index is 1740. The van der Waals surface area contributed by atoms with E-state index in [-0.39, 0.29) is 5.41 Å². The van der Waals surface area contributed by atoms with Gasteiger partial charge in [-0.25, -0.2) is 0 Å². The molecule has 5 aromatic rings. The Morgan fingerprint density at radius 2 is 1.54 bits per heavy atom. The molecular weight excluding hydrogens is 472 g/mol. The average molecular weight is 501 g/mol. The molecule has 2 aliphatic heterocycles. The van der Waals surface area contributed by atoms with E-state index in [1.807, 2.05) is 12.3 Å².